The third kappa shape index (κ3) is 3.74. The summed E-state index contributed by atoms with van der Waals surface area (Å²) >= 11 is 6.09. The number of fused-ring (bicyclic) bond motifs is 1. The minimum atomic E-state index is -4.54. The highest BCUT2D eigenvalue weighted by atomic mass is 35.5. The van der Waals surface area contributed by atoms with E-state index in [1.165, 1.54) is 12.4 Å². The van der Waals surface area contributed by atoms with Gasteiger partial charge < -0.3 is 4.74 Å². The molecular weight excluding hydrogens is 411 g/mol. The summed E-state index contributed by atoms with van der Waals surface area (Å²) in [6.07, 6.45) is 0.322. The maximum atomic E-state index is 12.7. The van der Waals surface area contributed by atoms with Crippen molar-refractivity contribution < 1.29 is 17.9 Å². The van der Waals surface area contributed by atoms with Crippen LogP contribution in [0.25, 0.3) is 16.9 Å². The number of ether oxygens (including phenoxy) is 1. The summed E-state index contributed by atoms with van der Waals surface area (Å²) in [4.78, 5) is 24.4. The topological polar surface area (TPSA) is 82.8 Å². The molecule has 0 radical (unpaired) electrons. The first-order chi connectivity index (χ1) is 13.8. The van der Waals surface area contributed by atoms with Gasteiger partial charge in [-0.25, -0.2) is 4.98 Å². The first-order valence-corrected chi connectivity index (χ1v) is 8.41. The van der Waals surface area contributed by atoms with Gasteiger partial charge >= 0.3 is 6.18 Å². The Kier molecular flexibility index (Phi) is 4.63. The molecule has 0 bridgehead atoms. The highest BCUT2D eigenvalue weighted by Crippen LogP contribution is 2.29. The molecule has 0 atom stereocenters. The SMILES string of the molecule is O=c1c(Cl)c(Oc2ccc3nccnc3c2)cnn1-c1ccc(C(F)(F)F)cn1. The molecule has 0 unspecified atom stereocenters. The number of nitrogens with zero attached hydrogens (tertiary/aromatic N) is 5. The Morgan fingerprint density at radius 3 is 2.41 bits per heavy atom. The van der Waals surface area contributed by atoms with Gasteiger partial charge in [0.1, 0.15) is 5.75 Å². The lowest BCUT2D eigenvalue weighted by atomic mass is 10.3. The molecule has 0 fully saturated rings. The van der Waals surface area contributed by atoms with Crippen molar-refractivity contribution in [2.45, 2.75) is 6.18 Å². The van der Waals surface area contributed by atoms with E-state index in [2.05, 4.69) is 20.1 Å². The molecule has 0 aliphatic rings. The van der Waals surface area contributed by atoms with Crippen LogP contribution in [0, 0.1) is 0 Å². The minimum Gasteiger partial charge on any atom is -0.454 e. The molecule has 4 aromatic rings. The Hall–Kier alpha value is -3.53. The van der Waals surface area contributed by atoms with Crippen LogP contribution in [0.4, 0.5) is 13.2 Å². The Balaban J connectivity index is 1.65. The quantitative estimate of drug-likeness (QED) is 0.498. The van der Waals surface area contributed by atoms with Gasteiger partial charge in [-0.05, 0) is 24.3 Å². The summed E-state index contributed by atoms with van der Waals surface area (Å²) in [6, 6.07) is 6.74. The monoisotopic (exact) mass is 419 g/mol. The average molecular weight is 420 g/mol. The number of hydrogen-bond acceptors (Lipinski definition) is 6. The summed E-state index contributed by atoms with van der Waals surface area (Å²) in [6.45, 7) is 0. The number of benzene rings is 1. The van der Waals surface area contributed by atoms with E-state index in [0.29, 0.717) is 23.0 Å². The van der Waals surface area contributed by atoms with Crippen LogP contribution in [0.2, 0.25) is 5.02 Å². The largest absolute Gasteiger partial charge is 0.454 e. The number of halogens is 4. The number of hydrogen-bond donors (Lipinski definition) is 0. The fourth-order valence-corrected chi connectivity index (χ4v) is 2.63. The molecule has 0 saturated carbocycles. The molecule has 29 heavy (non-hydrogen) atoms. The maximum Gasteiger partial charge on any atom is 0.417 e. The third-order valence-electron chi connectivity index (χ3n) is 3.85. The van der Waals surface area contributed by atoms with Gasteiger partial charge in [0.25, 0.3) is 5.56 Å². The molecule has 3 heterocycles. The van der Waals surface area contributed by atoms with Crippen molar-refractivity contribution in [1.29, 1.82) is 0 Å². The van der Waals surface area contributed by atoms with E-state index in [1.54, 1.807) is 24.4 Å². The van der Waals surface area contributed by atoms with Crippen LogP contribution < -0.4 is 10.3 Å². The smallest absolute Gasteiger partial charge is 0.417 e. The molecule has 11 heteroatoms. The standard InChI is InChI=1S/C18H9ClF3N5O2/c19-16-14(29-11-2-3-12-13(7-11)24-6-5-23-12)9-26-27(17(16)28)15-4-1-10(8-25-15)18(20,21)22/h1-9H. The maximum absolute atomic E-state index is 12.7. The minimum absolute atomic E-state index is 0.0249. The number of rotatable bonds is 3. The van der Waals surface area contributed by atoms with Gasteiger partial charge in [0.2, 0.25) is 0 Å². The van der Waals surface area contributed by atoms with Gasteiger partial charge in [-0.3, -0.25) is 14.8 Å². The van der Waals surface area contributed by atoms with E-state index in [9.17, 15) is 18.0 Å². The van der Waals surface area contributed by atoms with Gasteiger partial charge in [0, 0.05) is 24.7 Å². The highest BCUT2D eigenvalue weighted by molar-refractivity contribution is 6.31. The van der Waals surface area contributed by atoms with Crippen molar-refractivity contribution in [1.82, 2.24) is 24.7 Å². The lowest BCUT2D eigenvalue weighted by Crippen LogP contribution is -2.23. The second-order valence-electron chi connectivity index (χ2n) is 5.75. The molecule has 146 valence electrons. The normalized spacial score (nSPS) is 11.6. The summed E-state index contributed by atoms with van der Waals surface area (Å²) in [5.74, 6) is 0.215. The lowest BCUT2D eigenvalue weighted by Gasteiger charge is -2.10. The zero-order valence-corrected chi connectivity index (χ0v) is 15.0. The Bertz CT molecular complexity index is 1260. The van der Waals surface area contributed by atoms with E-state index in [1.807, 2.05) is 0 Å². The van der Waals surface area contributed by atoms with Crippen molar-refractivity contribution in [3.63, 3.8) is 0 Å². The van der Waals surface area contributed by atoms with Crippen LogP contribution in [0.1, 0.15) is 5.56 Å². The van der Waals surface area contributed by atoms with Gasteiger partial charge in [-0.15, -0.1) is 0 Å². The molecule has 0 spiro atoms. The zero-order valence-electron chi connectivity index (χ0n) is 14.3. The molecule has 0 saturated heterocycles. The Labute approximate surface area is 165 Å². The van der Waals surface area contributed by atoms with Crippen molar-refractivity contribution in [2.75, 3.05) is 0 Å². The van der Waals surface area contributed by atoms with Crippen molar-refractivity contribution in [2.24, 2.45) is 0 Å². The van der Waals surface area contributed by atoms with Gasteiger partial charge in [0.15, 0.2) is 16.6 Å². The second-order valence-corrected chi connectivity index (χ2v) is 6.13. The zero-order chi connectivity index (χ0) is 20.6. The Morgan fingerprint density at radius 1 is 0.966 bits per heavy atom. The molecule has 0 aliphatic carbocycles. The van der Waals surface area contributed by atoms with Crippen LogP contribution in [-0.4, -0.2) is 24.7 Å². The molecule has 0 N–H and O–H groups in total. The van der Waals surface area contributed by atoms with Crippen molar-refractivity contribution in [3.05, 3.63) is 76.1 Å². The van der Waals surface area contributed by atoms with Gasteiger partial charge in [-0.1, -0.05) is 11.6 Å². The molecule has 3 aromatic heterocycles. The average Bonchev–Trinajstić information content (AvgIpc) is 2.71. The molecule has 0 amide bonds. The second kappa shape index (κ2) is 7.13. The summed E-state index contributed by atoms with van der Waals surface area (Å²) in [5.41, 5.74) is -0.499. The fourth-order valence-electron chi connectivity index (χ4n) is 2.46. The third-order valence-corrected chi connectivity index (χ3v) is 4.20. The van der Waals surface area contributed by atoms with Gasteiger partial charge in [-0.2, -0.15) is 23.0 Å². The first kappa shape index (κ1) is 18.8. The van der Waals surface area contributed by atoms with E-state index in [0.717, 1.165) is 16.8 Å². The summed E-state index contributed by atoms with van der Waals surface area (Å²) in [7, 11) is 0. The van der Waals surface area contributed by atoms with E-state index >= 15 is 0 Å². The van der Waals surface area contributed by atoms with Crippen LogP contribution in [0.15, 0.2) is 59.9 Å². The summed E-state index contributed by atoms with van der Waals surface area (Å²) < 4.78 is 44.3. The Morgan fingerprint density at radius 2 is 1.72 bits per heavy atom. The molecule has 1 aromatic carbocycles. The lowest BCUT2D eigenvalue weighted by molar-refractivity contribution is -0.137. The molecule has 7 nitrogen and oxygen atoms in total. The van der Waals surface area contributed by atoms with Crippen LogP contribution >= 0.6 is 11.6 Å². The van der Waals surface area contributed by atoms with E-state index in [4.69, 9.17) is 16.3 Å². The highest BCUT2D eigenvalue weighted by Gasteiger charge is 2.30. The predicted molar refractivity (Wildman–Crippen MR) is 97.3 cm³/mol. The molecule has 0 aliphatic heterocycles. The molecular formula is C18H9ClF3N5O2. The van der Waals surface area contributed by atoms with Crippen LogP contribution in [0.3, 0.4) is 0 Å². The first-order valence-electron chi connectivity index (χ1n) is 8.03. The predicted octanol–water partition coefficient (Wildman–Crippen LogP) is 4.04. The van der Waals surface area contributed by atoms with Gasteiger partial charge in [0.05, 0.1) is 22.8 Å². The van der Waals surface area contributed by atoms with Crippen LogP contribution in [-0.2, 0) is 6.18 Å². The van der Waals surface area contributed by atoms with Crippen molar-refractivity contribution >= 4 is 22.6 Å². The number of pyridine rings is 1. The van der Waals surface area contributed by atoms with Crippen LogP contribution in [0.5, 0.6) is 11.5 Å². The number of aromatic nitrogens is 5. The number of alkyl halides is 3. The molecule has 4 rings (SSSR count). The van der Waals surface area contributed by atoms with Crippen molar-refractivity contribution in [3.8, 4) is 17.3 Å². The van der Waals surface area contributed by atoms with E-state index in [-0.39, 0.29) is 16.6 Å². The summed E-state index contributed by atoms with van der Waals surface area (Å²) in [5, 5.41) is 3.58. The fraction of sp³-hybridized carbons (Fsp3) is 0.0556. The van der Waals surface area contributed by atoms with E-state index < -0.39 is 17.3 Å².